The van der Waals surface area contributed by atoms with E-state index >= 15 is 0 Å². The molecule has 0 fully saturated rings. The molecule has 1 aliphatic rings. The van der Waals surface area contributed by atoms with Crippen LogP contribution in [0.4, 0.5) is 5.69 Å². The van der Waals surface area contributed by atoms with Crippen LogP contribution in [-0.4, -0.2) is 36.1 Å². The number of nitro benzene ring substituents is 1. The summed E-state index contributed by atoms with van der Waals surface area (Å²) in [7, 11) is 0. The summed E-state index contributed by atoms with van der Waals surface area (Å²) in [6.45, 7) is 3.94. The Morgan fingerprint density at radius 2 is 1.79 bits per heavy atom. The van der Waals surface area contributed by atoms with Crippen molar-refractivity contribution in [3.63, 3.8) is 0 Å². The van der Waals surface area contributed by atoms with Crippen molar-refractivity contribution in [3.05, 3.63) is 85.9 Å². The number of non-ortho nitro benzene ring substituents is 1. The SMILES string of the molecule is CC1=C(C)CC(OC(=O)c2cccc(Cl)c2)(C(=O)c2ccc([N+](=O)[O-])cc2)[Se]C1. The monoisotopic (exact) mass is 479 g/mol. The first-order valence-electron chi connectivity index (χ1n) is 8.79. The van der Waals surface area contributed by atoms with Gasteiger partial charge in [-0.05, 0) is 0 Å². The molecule has 8 heteroatoms. The maximum atomic E-state index is 13.4. The summed E-state index contributed by atoms with van der Waals surface area (Å²) in [6.07, 6.45) is 0.307. The molecule has 6 nitrogen and oxygen atoms in total. The average Bonchev–Trinajstić information content (AvgIpc) is 2.70. The first-order valence-corrected chi connectivity index (χ1v) is 11.2. The summed E-state index contributed by atoms with van der Waals surface area (Å²) in [5.74, 6) is -0.952. The number of ketones is 1. The van der Waals surface area contributed by atoms with E-state index in [0.29, 0.717) is 16.8 Å². The van der Waals surface area contributed by atoms with Crippen LogP contribution in [0.5, 0.6) is 0 Å². The number of rotatable bonds is 5. The quantitative estimate of drug-likeness (QED) is 0.153. The van der Waals surface area contributed by atoms with Gasteiger partial charge in [-0.25, -0.2) is 0 Å². The summed E-state index contributed by atoms with van der Waals surface area (Å²) < 4.78 is 4.55. The topological polar surface area (TPSA) is 86.5 Å². The van der Waals surface area contributed by atoms with Crippen LogP contribution in [0.1, 0.15) is 41.0 Å². The van der Waals surface area contributed by atoms with Crippen LogP contribution in [0.2, 0.25) is 10.3 Å². The summed E-state index contributed by atoms with van der Waals surface area (Å²) in [6, 6.07) is 11.8. The minimum atomic E-state index is -1.30. The molecule has 0 aliphatic carbocycles. The number of carbonyl (C=O) groups excluding carboxylic acids is 2. The van der Waals surface area contributed by atoms with Crippen LogP contribution in [0, 0.1) is 10.1 Å². The van der Waals surface area contributed by atoms with Gasteiger partial charge in [0.1, 0.15) is 0 Å². The minimum absolute atomic E-state index is 0.104. The number of nitrogens with zero attached hydrogens (tertiary/aromatic N) is 1. The van der Waals surface area contributed by atoms with Gasteiger partial charge in [-0.3, -0.25) is 0 Å². The van der Waals surface area contributed by atoms with E-state index in [0.717, 1.165) is 5.57 Å². The Bertz CT molecular complexity index is 1020. The van der Waals surface area contributed by atoms with E-state index in [1.165, 1.54) is 35.9 Å². The molecule has 0 aromatic heterocycles. The molecule has 0 amide bonds. The van der Waals surface area contributed by atoms with Gasteiger partial charge in [0.25, 0.3) is 0 Å². The van der Waals surface area contributed by atoms with Gasteiger partial charge in [0.2, 0.25) is 0 Å². The average molecular weight is 479 g/mol. The van der Waals surface area contributed by atoms with Gasteiger partial charge < -0.3 is 0 Å². The van der Waals surface area contributed by atoms with Crippen molar-refractivity contribution < 1.29 is 19.2 Å². The zero-order valence-electron chi connectivity index (χ0n) is 15.8. The molecule has 0 spiro atoms. The number of nitro groups is 1. The molecular formula is C21H18ClNO5Se. The number of halogens is 1. The van der Waals surface area contributed by atoms with E-state index in [1.807, 2.05) is 13.8 Å². The summed E-state index contributed by atoms with van der Waals surface area (Å²) in [4.78, 5) is 36.6. The van der Waals surface area contributed by atoms with Crippen LogP contribution >= 0.6 is 11.6 Å². The fourth-order valence-corrected chi connectivity index (χ4v) is 6.06. The number of hydrogen-bond acceptors (Lipinski definition) is 5. The zero-order chi connectivity index (χ0) is 21.2. The van der Waals surface area contributed by atoms with Gasteiger partial charge in [0.05, 0.1) is 0 Å². The number of carbonyl (C=O) groups is 2. The Morgan fingerprint density at radius 1 is 1.10 bits per heavy atom. The summed E-state index contributed by atoms with van der Waals surface area (Å²) in [5.41, 5.74) is 2.65. The van der Waals surface area contributed by atoms with Gasteiger partial charge >= 0.3 is 179 Å². The first kappa shape index (κ1) is 21.2. The molecule has 1 atom stereocenters. The first-order chi connectivity index (χ1) is 13.7. The molecule has 1 heterocycles. The van der Waals surface area contributed by atoms with E-state index in [9.17, 15) is 19.7 Å². The van der Waals surface area contributed by atoms with Crippen LogP contribution < -0.4 is 0 Å². The molecule has 0 radical (unpaired) electrons. The molecule has 0 bridgehead atoms. The van der Waals surface area contributed by atoms with Crippen LogP contribution in [-0.2, 0) is 4.74 Å². The molecule has 29 heavy (non-hydrogen) atoms. The number of ether oxygens (including phenoxy) is 1. The predicted molar refractivity (Wildman–Crippen MR) is 111 cm³/mol. The number of esters is 1. The number of Topliss-reactive ketones (excluding diaryl/α,β-unsaturated/α-hetero) is 1. The molecule has 2 aromatic carbocycles. The van der Waals surface area contributed by atoms with Crippen molar-refractivity contribution in [2.24, 2.45) is 0 Å². The van der Waals surface area contributed by atoms with E-state index in [-0.39, 0.29) is 37.6 Å². The van der Waals surface area contributed by atoms with E-state index in [2.05, 4.69) is 0 Å². The van der Waals surface area contributed by atoms with Crippen molar-refractivity contribution in [2.75, 3.05) is 0 Å². The Hall–Kier alpha value is -2.47. The molecule has 0 saturated heterocycles. The van der Waals surface area contributed by atoms with Crippen LogP contribution in [0.15, 0.2) is 59.7 Å². The van der Waals surface area contributed by atoms with E-state index in [1.54, 1.807) is 18.2 Å². The molecule has 1 unspecified atom stereocenters. The third-order valence-corrected chi connectivity index (χ3v) is 8.04. The van der Waals surface area contributed by atoms with Crippen molar-refractivity contribution in [1.82, 2.24) is 0 Å². The van der Waals surface area contributed by atoms with Gasteiger partial charge in [-0.1, -0.05) is 0 Å². The zero-order valence-corrected chi connectivity index (χ0v) is 18.3. The standard InChI is InChI=1S/C21H18ClNO5Se/c1-13-11-21(29-12-14(13)2,28-20(25)16-4-3-5-17(22)10-16)19(24)15-6-8-18(9-7-15)23(26)27/h3-10H,11-12H2,1-2H3. The summed E-state index contributed by atoms with van der Waals surface area (Å²) >= 11 is 5.64. The number of benzene rings is 2. The van der Waals surface area contributed by atoms with Gasteiger partial charge in [-0.2, -0.15) is 0 Å². The fourth-order valence-electron chi connectivity index (χ4n) is 2.94. The number of hydrogen-bond donors (Lipinski definition) is 0. The second-order valence-electron chi connectivity index (χ2n) is 6.81. The van der Waals surface area contributed by atoms with E-state index in [4.69, 9.17) is 16.3 Å². The normalized spacial score (nSPS) is 19.0. The third-order valence-electron chi connectivity index (χ3n) is 4.75. The van der Waals surface area contributed by atoms with Crippen molar-refractivity contribution in [1.29, 1.82) is 0 Å². The van der Waals surface area contributed by atoms with Crippen molar-refractivity contribution >= 4 is 44.0 Å². The number of allylic oxidation sites excluding steroid dienone is 1. The van der Waals surface area contributed by atoms with Gasteiger partial charge in [-0.15, -0.1) is 0 Å². The van der Waals surface area contributed by atoms with Crippen LogP contribution in [0.25, 0.3) is 0 Å². The molecule has 0 N–H and O–H groups in total. The predicted octanol–water partition coefficient (Wildman–Crippen LogP) is 4.85. The third kappa shape index (κ3) is 4.58. The Morgan fingerprint density at radius 3 is 2.38 bits per heavy atom. The second kappa shape index (κ2) is 8.49. The molecule has 1 aliphatic heterocycles. The van der Waals surface area contributed by atoms with Gasteiger partial charge in [0.15, 0.2) is 0 Å². The Labute approximate surface area is 179 Å². The Balaban J connectivity index is 1.96. The van der Waals surface area contributed by atoms with Crippen molar-refractivity contribution in [2.45, 2.75) is 30.1 Å². The summed E-state index contributed by atoms with van der Waals surface area (Å²) in [5, 5.41) is 12.0. The Kier molecular flexibility index (Phi) is 6.22. The van der Waals surface area contributed by atoms with Crippen LogP contribution in [0.3, 0.4) is 0 Å². The van der Waals surface area contributed by atoms with Crippen molar-refractivity contribution in [3.8, 4) is 0 Å². The molecule has 0 saturated carbocycles. The maximum absolute atomic E-state index is 13.4. The van der Waals surface area contributed by atoms with Gasteiger partial charge in [0, 0.05) is 0 Å². The molecular weight excluding hydrogens is 461 g/mol. The van der Waals surface area contributed by atoms with E-state index < -0.39 is 15.4 Å². The molecule has 2 aromatic rings. The molecule has 3 rings (SSSR count). The fraction of sp³-hybridized carbons (Fsp3) is 0.238. The second-order valence-corrected chi connectivity index (χ2v) is 9.84. The molecule has 150 valence electrons.